The van der Waals surface area contributed by atoms with Gasteiger partial charge in [-0.3, -0.25) is 0 Å². The van der Waals surface area contributed by atoms with Crippen molar-refractivity contribution in [2.45, 2.75) is 32.2 Å². The van der Waals surface area contributed by atoms with Gasteiger partial charge in [0.1, 0.15) is 0 Å². The lowest BCUT2D eigenvalue weighted by molar-refractivity contribution is 0.336. The second kappa shape index (κ2) is 7.01. The molecule has 1 heterocycles. The molecule has 7 heteroatoms. The van der Waals surface area contributed by atoms with Crippen LogP contribution in [-0.2, 0) is 16.6 Å². The average Bonchev–Trinajstić information content (AvgIpc) is 3.05. The Kier molecular flexibility index (Phi) is 4.93. The largest absolute Gasteiger partial charge is 0.338 e. The fourth-order valence-electron chi connectivity index (χ4n) is 2.65. The topological polar surface area (TPSA) is 76.3 Å². The van der Waals surface area contributed by atoms with Crippen LogP contribution < -0.4 is 0 Å². The summed E-state index contributed by atoms with van der Waals surface area (Å²) in [7, 11) is -2.14. The molecule has 26 heavy (non-hydrogen) atoms. The lowest BCUT2D eigenvalue weighted by atomic mass is 10.1. The molecule has 1 aromatic heterocycles. The van der Waals surface area contributed by atoms with Crippen LogP contribution in [-0.4, -0.2) is 29.9 Å². The van der Waals surface area contributed by atoms with Gasteiger partial charge in [0.15, 0.2) is 0 Å². The van der Waals surface area contributed by atoms with Crippen molar-refractivity contribution in [1.82, 2.24) is 14.4 Å². The highest BCUT2D eigenvalue weighted by Gasteiger charge is 2.25. The van der Waals surface area contributed by atoms with E-state index in [0.29, 0.717) is 16.3 Å². The summed E-state index contributed by atoms with van der Waals surface area (Å²) in [6.07, 6.45) is 0. The summed E-state index contributed by atoms with van der Waals surface area (Å²) in [6, 6.07) is 13.1. The molecule has 0 amide bonds. The van der Waals surface area contributed by atoms with E-state index in [-0.39, 0.29) is 12.4 Å². The molecule has 0 fully saturated rings. The first-order chi connectivity index (χ1) is 12.3. The third-order valence-corrected chi connectivity index (χ3v) is 6.08. The van der Waals surface area contributed by atoms with Gasteiger partial charge in [0.05, 0.1) is 11.4 Å². The van der Waals surface area contributed by atoms with E-state index in [0.717, 1.165) is 16.7 Å². The van der Waals surface area contributed by atoms with Crippen molar-refractivity contribution in [2.24, 2.45) is 0 Å². The molecule has 0 N–H and O–H groups in total. The smallest absolute Gasteiger partial charge is 0.243 e. The van der Waals surface area contributed by atoms with Crippen molar-refractivity contribution in [1.29, 1.82) is 0 Å². The summed E-state index contributed by atoms with van der Waals surface area (Å²) >= 11 is 0. The van der Waals surface area contributed by atoms with Crippen LogP contribution >= 0.6 is 0 Å². The highest BCUT2D eigenvalue weighted by atomic mass is 32.2. The first-order valence-corrected chi connectivity index (χ1v) is 9.64. The van der Waals surface area contributed by atoms with E-state index in [2.05, 4.69) is 10.1 Å². The Bertz CT molecular complexity index is 1040. The lowest BCUT2D eigenvalue weighted by Crippen LogP contribution is -2.27. The molecule has 0 aliphatic rings. The van der Waals surface area contributed by atoms with Crippen molar-refractivity contribution >= 4 is 10.0 Å². The Morgan fingerprint density at radius 2 is 1.77 bits per heavy atom. The number of nitrogens with zero attached hydrogens (tertiary/aromatic N) is 3. The van der Waals surface area contributed by atoms with Crippen molar-refractivity contribution in [3.8, 4) is 11.4 Å². The minimum Gasteiger partial charge on any atom is -0.338 e. The highest BCUT2D eigenvalue weighted by molar-refractivity contribution is 7.89. The first-order valence-electron chi connectivity index (χ1n) is 8.20. The van der Waals surface area contributed by atoms with Crippen LogP contribution in [0.25, 0.3) is 11.4 Å². The van der Waals surface area contributed by atoms with Gasteiger partial charge in [-0.2, -0.15) is 9.29 Å². The fraction of sp³-hybridized carbons (Fsp3) is 0.263. The molecular weight excluding hydrogens is 350 g/mol. The fourth-order valence-corrected chi connectivity index (χ4v) is 4.07. The average molecular weight is 371 g/mol. The highest BCUT2D eigenvalue weighted by Crippen LogP contribution is 2.22. The van der Waals surface area contributed by atoms with Gasteiger partial charge in [0, 0.05) is 12.6 Å². The number of hydrogen-bond donors (Lipinski definition) is 0. The number of benzene rings is 2. The predicted molar refractivity (Wildman–Crippen MR) is 99.0 cm³/mol. The molecule has 0 radical (unpaired) electrons. The van der Waals surface area contributed by atoms with Gasteiger partial charge in [0.2, 0.25) is 21.7 Å². The summed E-state index contributed by atoms with van der Waals surface area (Å²) in [5.74, 6) is 0.694. The van der Waals surface area contributed by atoms with Crippen molar-refractivity contribution in [3.63, 3.8) is 0 Å². The third kappa shape index (κ3) is 3.68. The standard InChI is InChI=1S/C19H21N3O3S/c1-13-6-5-7-16(10-13)19-20-18(25-21-19)12-22(4)26(23,24)17-11-14(2)8-9-15(17)3/h5-11H,12H2,1-4H3. The first kappa shape index (κ1) is 18.3. The van der Waals surface area contributed by atoms with Gasteiger partial charge < -0.3 is 4.52 Å². The SMILES string of the molecule is Cc1cccc(-c2noc(CN(C)S(=O)(=O)c3cc(C)ccc3C)n2)c1. The molecule has 0 unspecified atom stereocenters. The normalized spacial score (nSPS) is 11.9. The molecular formula is C19H21N3O3S. The van der Waals surface area contributed by atoms with Crippen LogP contribution in [0.4, 0.5) is 0 Å². The van der Waals surface area contributed by atoms with Crippen LogP contribution in [0.2, 0.25) is 0 Å². The zero-order valence-electron chi connectivity index (χ0n) is 15.2. The molecule has 0 aliphatic carbocycles. The quantitative estimate of drug-likeness (QED) is 0.686. The maximum absolute atomic E-state index is 12.9. The van der Waals surface area contributed by atoms with Crippen LogP contribution in [0, 0.1) is 20.8 Å². The van der Waals surface area contributed by atoms with Gasteiger partial charge in [-0.25, -0.2) is 8.42 Å². The van der Waals surface area contributed by atoms with E-state index in [9.17, 15) is 8.42 Å². The van der Waals surface area contributed by atoms with Gasteiger partial charge in [-0.05, 0) is 44.0 Å². The summed E-state index contributed by atoms with van der Waals surface area (Å²) < 4.78 is 32.2. The van der Waals surface area contributed by atoms with Gasteiger partial charge >= 0.3 is 0 Å². The van der Waals surface area contributed by atoms with Gasteiger partial charge in [0.25, 0.3) is 0 Å². The van der Waals surface area contributed by atoms with E-state index in [1.165, 1.54) is 11.4 Å². The van der Waals surface area contributed by atoms with E-state index >= 15 is 0 Å². The zero-order valence-corrected chi connectivity index (χ0v) is 16.0. The van der Waals surface area contributed by atoms with Gasteiger partial charge in [-0.15, -0.1) is 0 Å². The summed E-state index contributed by atoms with van der Waals surface area (Å²) in [4.78, 5) is 4.62. The van der Waals surface area contributed by atoms with Crippen LogP contribution in [0.5, 0.6) is 0 Å². The molecule has 0 saturated heterocycles. The number of rotatable bonds is 5. The minimum absolute atomic E-state index is 0.00846. The number of aryl methyl sites for hydroxylation is 3. The maximum atomic E-state index is 12.9. The third-order valence-electron chi connectivity index (χ3n) is 4.13. The lowest BCUT2D eigenvalue weighted by Gasteiger charge is -2.17. The number of sulfonamides is 1. The summed E-state index contributed by atoms with van der Waals surface area (Å²) in [5, 5.41) is 3.96. The van der Waals surface area contributed by atoms with Crippen molar-refractivity contribution in [2.75, 3.05) is 7.05 Å². The Balaban J connectivity index is 1.84. The number of aromatic nitrogens is 2. The summed E-state index contributed by atoms with van der Waals surface area (Å²) in [6.45, 7) is 5.64. The zero-order chi connectivity index (χ0) is 18.9. The molecule has 0 atom stereocenters. The minimum atomic E-state index is -3.65. The second-order valence-corrected chi connectivity index (χ2v) is 8.42. The Morgan fingerprint density at radius 3 is 2.50 bits per heavy atom. The second-order valence-electron chi connectivity index (χ2n) is 6.41. The van der Waals surface area contributed by atoms with Crippen molar-refractivity contribution in [3.05, 3.63) is 65.0 Å². The Labute approximate surface area is 153 Å². The molecule has 2 aromatic carbocycles. The molecule has 0 saturated carbocycles. The summed E-state index contributed by atoms with van der Waals surface area (Å²) in [5.41, 5.74) is 3.51. The van der Waals surface area contributed by atoms with E-state index < -0.39 is 10.0 Å². The van der Waals surface area contributed by atoms with E-state index in [1.807, 2.05) is 44.2 Å². The molecule has 0 bridgehead atoms. The monoisotopic (exact) mass is 371 g/mol. The van der Waals surface area contributed by atoms with Crippen molar-refractivity contribution < 1.29 is 12.9 Å². The molecule has 0 aliphatic heterocycles. The van der Waals surface area contributed by atoms with Crippen LogP contribution in [0.15, 0.2) is 51.9 Å². The maximum Gasteiger partial charge on any atom is 0.243 e. The van der Waals surface area contributed by atoms with E-state index in [1.54, 1.807) is 19.1 Å². The predicted octanol–water partition coefficient (Wildman–Crippen LogP) is 3.48. The van der Waals surface area contributed by atoms with Gasteiger partial charge in [-0.1, -0.05) is 41.1 Å². The van der Waals surface area contributed by atoms with Crippen LogP contribution in [0.3, 0.4) is 0 Å². The molecule has 6 nitrogen and oxygen atoms in total. The Hall–Kier alpha value is -2.51. The van der Waals surface area contributed by atoms with Crippen LogP contribution in [0.1, 0.15) is 22.6 Å². The molecule has 3 aromatic rings. The molecule has 0 spiro atoms. The molecule has 3 rings (SSSR count). The number of hydrogen-bond acceptors (Lipinski definition) is 5. The van der Waals surface area contributed by atoms with E-state index in [4.69, 9.17) is 4.52 Å². The Morgan fingerprint density at radius 1 is 1.04 bits per heavy atom. The molecule has 136 valence electrons.